The number of rotatable bonds is 6. The van der Waals surface area contributed by atoms with Crippen molar-refractivity contribution in [3.8, 4) is 11.3 Å². The maximum atomic E-state index is 12.4. The van der Waals surface area contributed by atoms with Crippen molar-refractivity contribution in [3.05, 3.63) is 41.7 Å². The topological polar surface area (TPSA) is 89.6 Å². The normalized spacial score (nSPS) is 21.7. The first-order valence-corrected chi connectivity index (χ1v) is 15.9. The molecular weight excluding hydrogens is 550 g/mol. The third kappa shape index (κ3) is 6.84. The van der Waals surface area contributed by atoms with Crippen LogP contribution in [-0.4, -0.2) is 99.2 Å². The van der Waals surface area contributed by atoms with Gasteiger partial charge in [0.1, 0.15) is 5.60 Å². The Hall–Kier alpha value is -2.88. The van der Waals surface area contributed by atoms with Gasteiger partial charge in [0.25, 0.3) is 0 Å². The quantitative estimate of drug-likeness (QED) is 0.369. The molecule has 3 aliphatic rings. The van der Waals surface area contributed by atoms with E-state index < -0.39 is 5.60 Å². The second-order valence-corrected chi connectivity index (χ2v) is 13.6. The Labute approximate surface area is 254 Å². The van der Waals surface area contributed by atoms with Gasteiger partial charge in [-0.2, -0.15) is 0 Å². The number of likely N-dealkylation sites (tertiary alicyclic amines) is 3. The second kappa shape index (κ2) is 12.4. The molecule has 42 heavy (non-hydrogen) atoms. The Balaban J connectivity index is 0.957. The summed E-state index contributed by atoms with van der Waals surface area (Å²) in [5, 5.41) is 5.25. The molecule has 0 bridgehead atoms. The van der Waals surface area contributed by atoms with Crippen LogP contribution in [0.1, 0.15) is 52.9 Å². The number of carbonyl (C=O) groups is 1. The number of nitrogens with zero attached hydrogens (tertiary/aromatic N) is 5. The summed E-state index contributed by atoms with van der Waals surface area (Å²) in [6.45, 7) is 13.0. The lowest BCUT2D eigenvalue weighted by atomic mass is 9.94. The average Bonchev–Trinajstić information content (AvgIpc) is 3.61. The standard InChI is InChI=1S/C32H44ClN7O2/c1-32(2,3)42-31(41)39-15-8-22(9-16-39)20-38-13-11-24(12-14-38)40-17-10-23(21-40)36-30-35-19-27(33)29(37-30)26-18-34-28-7-5-4-6-25(26)28/h4-7,18-19,22-24,34H,8-17,20-21H2,1-3H3,(H,35,36,37)/t23-/m1/s1. The van der Waals surface area contributed by atoms with Gasteiger partial charge in [-0.1, -0.05) is 29.8 Å². The van der Waals surface area contributed by atoms with Gasteiger partial charge in [-0.3, -0.25) is 4.90 Å². The lowest BCUT2D eigenvalue weighted by Gasteiger charge is -2.40. The molecule has 9 nitrogen and oxygen atoms in total. The van der Waals surface area contributed by atoms with E-state index in [4.69, 9.17) is 21.3 Å². The zero-order valence-corrected chi connectivity index (χ0v) is 25.9. The Bertz CT molecular complexity index is 1370. The highest BCUT2D eigenvalue weighted by Crippen LogP contribution is 2.33. The molecule has 5 heterocycles. The number of hydrogen-bond acceptors (Lipinski definition) is 7. The van der Waals surface area contributed by atoms with Crippen LogP contribution >= 0.6 is 11.6 Å². The number of amides is 1. The molecule has 0 aliphatic carbocycles. The predicted molar refractivity (Wildman–Crippen MR) is 168 cm³/mol. The lowest BCUT2D eigenvalue weighted by Crippen LogP contribution is -2.47. The molecule has 0 radical (unpaired) electrons. The smallest absolute Gasteiger partial charge is 0.410 e. The van der Waals surface area contributed by atoms with Gasteiger partial charge >= 0.3 is 6.09 Å². The van der Waals surface area contributed by atoms with Gasteiger partial charge in [0.15, 0.2) is 0 Å². The summed E-state index contributed by atoms with van der Waals surface area (Å²) in [5.41, 5.74) is 2.38. The van der Waals surface area contributed by atoms with Crippen molar-refractivity contribution >= 4 is 34.5 Å². The number of nitrogens with one attached hydrogen (secondary N) is 2. The van der Waals surface area contributed by atoms with Crippen LogP contribution in [0.3, 0.4) is 0 Å². The van der Waals surface area contributed by atoms with Gasteiger partial charge in [-0.05, 0) is 77.9 Å². The molecule has 0 saturated carbocycles. The fourth-order valence-electron chi connectivity index (χ4n) is 6.77. The van der Waals surface area contributed by atoms with Crippen LogP contribution in [-0.2, 0) is 4.74 Å². The highest BCUT2D eigenvalue weighted by molar-refractivity contribution is 6.33. The molecule has 2 aromatic heterocycles. The zero-order chi connectivity index (χ0) is 29.3. The minimum atomic E-state index is -0.435. The summed E-state index contributed by atoms with van der Waals surface area (Å²) in [6, 6.07) is 9.16. The van der Waals surface area contributed by atoms with Crippen molar-refractivity contribution in [2.45, 2.75) is 70.6 Å². The van der Waals surface area contributed by atoms with Crippen LogP contribution in [0, 0.1) is 5.92 Å². The van der Waals surface area contributed by atoms with Gasteiger partial charge < -0.3 is 24.8 Å². The molecule has 1 atom stereocenters. The van der Waals surface area contributed by atoms with Crippen LogP contribution in [0.2, 0.25) is 5.02 Å². The summed E-state index contributed by atoms with van der Waals surface area (Å²) in [4.78, 5) is 32.2. The maximum Gasteiger partial charge on any atom is 0.410 e. The first kappa shape index (κ1) is 29.2. The van der Waals surface area contributed by atoms with Crippen molar-refractivity contribution in [1.29, 1.82) is 0 Å². The van der Waals surface area contributed by atoms with E-state index in [0.717, 1.165) is 87.2 Å². The Kier molecular flexibility index (Phi) is 8.61. The summed E-state index contributed by atoms with van der Waals surface area (Å²) in [6.07, 6.45) is 9.15. The van der Waals surface area contributed by atoms with Crippen LogP contribution in [0.15, 0.2) is 36.7 Å². The van der Waals surface area contributed by atoms with Crippen molar-refractivity contribution < 1.29 is 9.53 Å². The van der Waals surface area contributed by atoms with E-state index in [2.05, 4.69) is 37.2 Å². The molecule has 3 fully saturated rings. The lowest BCUT2D eigenvalue weighted by molar-refractivity contribution is 0.0160. The fourth-order valence-corrected chi connectivity index (χ4v) is 6.96. The van der Waals surface area contributed by atoms with E-state index >= 15 is 0 Å². The molecule has 10 heteroatoms. The van der Waals surface area contributed by atoms with Gasteiger partial charge in [0.05, 0.1) is 16.9 Å². The van der Waals surface area contributed by atoms with Crippen molar-refractivity contribution in [2.75, 3.05) is 51.1 Å². The number of fused-ring (bicyclic) bond motifs is 1. The highest BCUT2D eigenvalue weighted by Gasteiger charge is 2.33. The second-order valence-electron chi connectivity index (χ2n) is 13.2. The third-order valence-electron chi connectivity index (χ3n) is 9.00. The summed E-state index contributed by atoms with van der Waals surface area (Å²) in [5.74, 6) is 1.30. The number of benzene rings is 1. The number of para-hydroxylation sites is 1. The van der Waals surface area contributed by atoms with Crippen molar-refractivity contribution in [2.24, 2.45) is 5.92 Å². The molecule has 226 valence electrons. The summed E-state index contributed by atoms with van der Waals surface area (Å²) in [7, 11) is 0. The number of hydrogen-bond donors (Lipinski definition) is 2. The number of aromatic amines is 1. The Morgan fingerprint density at radius 2 is 1.83 bits per heavy atom. The first-order valence-electron chi connectivity index (χ1n) is 15.5. The summed E-state index contributed by atoms with van der Waals surface area (Å²) < 4.78 is 5.56. The molecule has 2 N–H and O–H groups in total. The predicted octanol–water partition coefficient (Wildman–Crippen LogP) is 5.88. The van der Waals surface area contributed by atoms with E-state index in [1.165, 1.54) is 12.8 Å². The SMILES string of the molecule is CC(C)(C)OC(=O)N1CCC(CN2CCC(N3CC[C@@H](Nc4ncc(Cl)c(-c5c[nH]c6ccccc56)n4)C3)CC2)CC1. The van der Waals surface area contributed by atoms with Crippen LogP contribution in [0.4, 0.5) is 10.7 Å². The van der Waals surface area contributed by atoms with Gasteiger partial charge in [0.2, 0.25) is 5.95 Å². The number of ether oxygens (including phenoxy) is 1. The number of H-pyrrole nitrogens is 1. The first-order chi connectivity index (χ1) is 20.2. The number of anilines is 1. The monoisotopic (exact) mass is 593 g/mol. The van der Waals surface area contributed by atoms with Gasteiger partial charge in [0, 0.05) is 67.5 Å². The van der Waals surface area contributed by atoms with E-state index in [9.17, 15) is 4.79 Å². The molecule has 0 unspecified atom stereocenters. The molecule has 6 rings (SSSR count). The average molecular weight is 594 g/mol. The van der Waals surface area contributed by atoms with E-state index in [1.807, 2.05) is 44.0 Å². The summed E-state index contributed by atoms with van der Waals surface area (Å²) >= 11 is 6.54. The van der Waals surface area contributed by atoms with Crippen molar-refractivity contribution in [1.82, 2.24) is 29.7 Å². The number of piperidine rings is 2. The van der Waals surface area contributed by atoms with Gasteiger partial charge in [-0.25, -0.2) is 14.8 Å². The largest absolute Gasteiger partial charge is 0.444 e. The van der Waals surface area contributed by atoms with Gasteiger partial charge in [-0.15, -0.1) is 0 Å². The highest BCUT2D eigenvalue weighted by atomic mass is 35.5. The van der Waals surface area contributed by atoms with Crippen LogP contribution in [0.25, 0.3) is 22.2 Å². The number of carbonyl (C=O) groups excluding carboxylic acids is 1. The Morgan fingerprint density at radius 1 is 1.07 bits per heavy atom. The molecule has 0 spiro atoms. The Morgan fingerprint density at radius 3 is 2.60 bits per heavy atom. The molecule has 3 aliphatic heterocycles. The van der Waals surface area contributed by atoms with Crippen LogP contribution < -0.4 is 5.32 Å². The van der Waals surface area contributed by atoms with E-state index in [-0.39, 0.29) is 6.09 Å². The molecule has 1 aromatic carbocycles. The molecular formula is C32H44ClN7O2. The molecule has 3 saturated heterocycles. The molecule has 3 aromatic rings. The zero-order valence-electron chi connectivity index (χ0n) is 25.1. The minimum absolute atomic E-state index is 0.169. The van der Waals surface area contributed by atoms with E-state index in [0.29, 0.717) is 29.0 Å². The van der Waals surface area contributed by atoms with Crippen LogP contribution in [0.5, 0.6) is 0 Å². The number of halogens is 1. The number of aromatic nitrogens is 3. The third-order valence-corrected chi connectivity index (χ3v) is 9.27. The van der Waals surface area contributed by atoms with E-state index in [1.54, 1.807) is 6.20 Å². The molecule has 1 amide bonds. The minimum Gasteiger partial charge on any atom is -0.444 e. The fraction of sp³-hybridized carbons (Fsp3) is 0.594. The maximum absolute atomic E-state index is 12.4. The van der Waals surface area contributed by atoms with Crippen molar-refractivity contribution in [3.63, 3.8) is 0 Å².